The molecule has 1 amide bonds. The van der Waals surface area contributed by atoms with Gasteiger partial charge in [-0.05, 0) is 96.2 Å². The van der Waals surface area contributed by atoms with Crippen LogP contribution in [0.4, 0.5) is 4.79 Å². The molecule has 1 saturated heterocycles. The van der Waals surface area contributed by atoms with Gasteiger partial charge in [0.2, 0.25) is 0 Å². The van der Waals surface area contributed by atoms with E-state index in [0.717, 1.165) is 43.0 Å². The van der Waals surface area contributed by atoms with E-state index in [1.54, 1.807) is 7.05 Å². The highest BCUT2D eigenvalue weighted by atomic mass is 79.9. The number of nitrogens with zero attached hydrogens (tertiary/aromatic N) is 2. The fraction of sp³-hybridized carbons (Fsp3) is 0.571. The first-order valence-electron chi connectivity index (χ1n) is 9.97. The van der Waals surface area contributed by atoms with E-state index in [0.29, 0.717) is 12.5 Å². The van der Waals surface area contributed by atoms with Crippen molar-refractivity contribution in [3.05, 3.63) is 33.9 Å². The topological polar surface area (TPSA) is 59.6 Å². The summed E-state index contributed by atoms with van der Waals surface area (Å²) in [5.41, 5.74) is 4.13. The highest BCUT2D eigenvalue weighted by Crippen LogP contribution is 2.39. The average Bonchev–Trinajstić information content (AvgIpc) is 3.43. The number of likely N-dealkylation sites (N-methyl/N-ethyl adjacent to an activating group) is 1. The van der Waals surface area contributed by atoms with Crippen molar-refractivity contribution in [1.82, 2.24) is 14.8 Å². The summed E-state index contributed by atoms with van der Waals surface area (Å²) in [5.74, 6) is 1.47. The molecule has 1 aromatic heterocycles. The monoisotopic (exact) mass is 433 g/mol. The number of carbonyl (C=O) groups is 1. The Morgan fingerprint density at radius 2 is 2.04 bits per heavy atom. The van der Waals surface area contributed by atoms with Crippen LogP contribution in [0.25, 0.3) is 10.9 Å². The summed E-state index contributed by atoms with van der Waals surface area (Å²) in [4.78, 5) is 18.2. The van der Waals surface area contributed by atoms with Crippen molar-refractivity contribution in [1.29, 1.82) is 0 Å². The third-order valence-electron chi connectivity index (χ3n) is 6.20. The van der Waals surface area contributed by atoms with Gasteiger partial charge < -0.3 is 19.9 Å². The third-order valence-corrected chi connectivity index (χ3v) is 6.88. The van der Waals surface area contributed by atoms with Gasteiger partial charge in [-0.1, -0.05) is 6.07 Å². The molecule has 4 rings (SSSR count). The first-order chi connectivity index (χ1) is 13.0. The second-order valence-corrected chi connectivity index (χ2v) is 8.98. The summed E-state index contributed by atoms with van der Waals surface area (Å²) in [6.07, 6.45) is 5.36. The van der Waals surface area contributed by atoms with Gasteiger partial charge in [-0.2, -0.15) is 0 Å². The molecule has 2 aliphatic rings. The molecule has 0 spiro atoms. The van der Waals surface area contributed by atoms with Crippen molar-refractivity contribution in [2.45, 2.75) is 38.0 Å². The molecule has 0 radical (unpaired) electrons. The van der Waals surface area contributed by atoms with Crippen LogP contribution in [0.15, 0.2) is 22.8 Å². The standard InChI is InChI=1S/C21H28BrN3O2/c1-24(21(26)27)10-11-25-8-6-15(7-9-25)16-4-5-19-17(13-16)18(20(22)23-19)12-14-2-3-14/h4-5,13-15,23H,2-3,6-12H2,1H3,(H,26,27). The number of halogens is 1. The molecule has 1 saturated carbocycles. The second-order valence-electron chi connectivity index (χ2n) is 8.19. The Labute approximate surface area is 168 Å². The maximum atomic E-state index is 10.9. The lowest BCUT2D eigenvalue weighted by Crippen LogP contribution is -2.39. The van der Waals surface area contributed by atoms with Crippen molar-refractivity contribution in [2.75, 3.05) is 33.2 Å². The fourth-order valence-corrected chi connectivity index (χ4v) is 4.76. The molecule has 0 unspecified atom stereocenters. The van der Waals surface area contributed by atoms with Crippen LogP contribution in [0.1, 0.15) is 42.7 Å². The predicted octanol–water partition coefficient (Wildman–Crippen LogP) is 4.67. The van der Waals surface area contributed by atoms with Crippen LogP contribution in [0.5, 0.6) is 0 Å². The van der Waals surface area contributed by atoms with E-state index in [2.05, 4.69) is 44.0 Å². The van der Waals surface area contributed by atoms with Crippen LogP contribution >= 0.6 is 15.9 Å². The Hall–Kier alpha value is -1.53. The zero-order valence-electron chi connectivity index (χ0n) is 15.9. The molecule has 2 aromatic rings. The van der Waals surface area contributed by atoms with Gasteiger partial charge in [0.25, 0.3) is 0 Å². The molecule has 1 aliphatic heterocycles. The number of benzene rings is 1. The minimum atomic E-state index is -0.849. The molecule has 1 aliphatic carbocycles. The largest absolute Gasteiger partial charge is 0.465 e. The van der Waals surface area contributed by atoms with Crippen molar-refractivity contribution in [3.8, 4) is 0 Å². The van der Waals surface area contributed by atoms with Crippen molar-refractivity contribution >= 4 is 32.9 Å². The molecule has 1 aromatic carbocycles. The van der Waals surface area contributed by atoms with Crippen LogP contribution < -0.4 is 0 Å². The van der Waals surface area contributed by atoms with Gasteiger partial charge in [-0.15, -0.1) is 0 Å². The summed E-state index contributed by atoms with van der Waals surface area (Å²) >= 11 is 3.73. The molecule has 0 bridgehead atoms. The number of rotatable bonds is 6. The summed E-state index contributed by atoms with van der Waals surface area (Å²) < 4.78 is 1.15. The molecular weight excluding hydrogens is 406 g/mol. The van der Waals surface area contributed by atoms with E-state index < -0.39 is 6.09 Å². The van der Waals surface area contributed by atoms with Crippen LogP contribution in [0.2, 0.25) is 0 Å². The van der Waals surface area contributed by atoms with Gasteiger partial charge in [0.1, 0.15) is 0 Å². The zero-order chi connectivity index (χ0) is 19.0. The Bertz CT molecular complexity index is 822. The van der Waals surface area contributed by atoms with Gasteiger partial charge >= 0.3 is 6.09 Å². The minimum Gasteiger partial charge on any atom is -0.465 e. The maximum absolute atomic E-state index is 10.9. The van der Waals surface area contributed by atoms with Crippen molar-refractivity contribution in [3.63, 3.8) is 0 Å². The van der Waals surface area contributed by atoms with Gasteiger partial charge in [-0.25, -0.2) is 4.79 Å². The molecule has 2 fully saturated rings. The number of amides is 1. The summed E-state index contributed by atoms with van der Waals surface area (Å²) in [7, 11) is 1.64. The molecule has 146 valence electrons. The minimum absolute atomic E-state index is 0.577. The number of aromatic nitrogens is 1. The average molecular weight is 434 g/mol. The van der Waals surface area contributed by atoms with Crippen molar-refractivity contribution < 1.29 is 9.90 Å². The summed E-state index contributed by atoms with van der Waals surface area (Å²) in [6.45, 7) is 3.49. The van der Waals surface area contributed by atoms with Crippen LogP contribution in [-0.4, -0.2) is 59.2 Å². The van der Waals surface area contributed by atoms with Gasteiger partial charge in [0.15, 0.2) is 0 Å². The number of fused-ring (bicyclic) bond motifs is 1. The number of aromatic amines is 1. The first-order valence-corrected chi connectivity index (χ1v) is 10.8. The number of piperidine rings is 1. The summed E-state index contributed by atoms with van der Waals surface area (Å²) in [5, 5.41) is 10.4. The molecule has 6 heteroatoms. The van der Waals surface area contributed by atoms with Gasteiger partial charge in [0.05, 0.1) is 4.60 Å². The third kappa shape index (κ3) is 4.32. The Balaban J connectivity index is 1.40. The highest BCUT2D eigenvalue weighted by Gasteiger charge is 2.26. The molecule has 0 atom stereocenters. The molecule has 5 nitrogen and oxygen atoms in total. The normalized spacial score (nSPS) is 18.9. The number of hydrogen-bond acceptors (Lipinski definition) is 2. The molecule has 2 N–H and O–H groups in total. The van der Waals surface area contributed by atoms with E-state index in [-0.39, 0.29) is 0 Å². The van der Waals surface area contributed by atoms with E-state index in [1.165, 1.54) is 46.2 Å². The summed E-state index contributed by atoms with van der Waals surface area (Å²) in [6, 6.07) is 6.93. The van der Waals surface area contributed by atoms with Crippen molar-refractivity contribution in [2.24, 2.45) is 5.92 Å². The first kappa shape index (κ1) is 18.8. The number of nitrogens with one attached hydrogen (secondary N) is 1. The SMILES string of the molecule is CN(CCN1CCC(c2ccc3[nH]c(Br)c(CC4CC4)c3c2)CC1)C(=O)O. The van der Waals surface area contributed by atoms with Gasteiger partial charge in [0, 0.05) is 31.0 Å². The quantitative estimate of drug-likeness (QED) is 0.695. The van der Waals surface area contributed by atoms with Gasteiger partial charge in [-0.3, -0.25) is 0 Å². The Kier molecular flexibility index (Phi) is 5.46. The molecular formula is C21H28BrN3O2. The predicted molar refractivity (Wildman–Crippen MR) is 111 cm³/mol. The lowest BCUT2D eigenvalue weighted by molar-refractivity contribution is 0.142. The number of H-pyrrole nitrogens is 1. The smallest absolute Gasteiger partial charge is 0.407 e. The molecule has 27 heavy (non-hydrogen) atoms. The van der Waals surface area contributed by atoms with E-state index in [9.17, 15) is 4.79 Å². The lowest BCUT2D eigenvalue weighted by atomic mass is 9.88. The maximum Gasteiger partial charge on any atom is 0.407 e. The van der Waals surface area contributed by atoms with Crippen LogP contribution in [-0.2, 0) is 6.42 Å². The highest BCUT2D eigenvalue weighted by molar-refractivity contribution is 9.10. The Morgan fingerprint density at radius 3 is 2.70 bits per heavy atom. The molecule has 2 heterocycles. The van der Waals surface area contributed by atoms with Crippen LogP contribution in [0, 0.1) is 5.92 Å². The van der Waals surface area contributed by atoms with Crippen LogP contribution in [0.3, 0.4) is 0 Å². The number of hydrogen-bond donors (Lipinski definition) is 2. The zero-order valence-corrected chi connectivity index (χ0v) is 17.5. The second kappa shape index (κ2) is 7.84. The fourth-order valence-electron chi connectivity index (χ4n) is 4.17. The van der Waals surface area contributed by atoms with E-state index >= 15 is 0 Å². The lowest BCUT2D eigenvalue weighted by Gasteiger charge is -2.33. The number of likely N-dealkylation sites (tertiary alicyclic amines) is 1. The number of carboxylic acid groups (broad SMARTS) is 1. The van der Waals surface area contributed by atoms with E-state index in [1.807, 2.05) is 0 Å². The van der Waals surface area contributed by atoms with E-state index in [4.69, 9.17) is 5.11 Å². The Morgan fingerprint density at radius 1 is 1.30 bits per heavy atom.